The molecule has 5 nitrogen and oxygen atoms in total. The van der Waals surface area contributed by atoms with Crippen LogP contribution < -0.4 is 10.1 Å². The van der Waals surface area contributed by atoms with Crippen molar-refractivity contribution >= 4 is 5.91 Å². The number of ether oxygens (including phenoxy) is 1. The van der Waals surface area contributed by atoms with E-state index in [0.717, 1.165) is 62.1 Å². The molecule has 1 amide bonds. The highest BCUT2D eigenvalue weighted by Crippen LogP contribution is 2.22. The fraction of sp³-hybridized carbons (Fsp3) is 0.500. The minimum absolute atomic E-state index is 0.0704. The summed E-state index contributed by atoms with van der Waals surface area (Å²) in [4.78, 5) is 12.4. The van der Waals surface area contributed by atoms with Crippen molar-refractivity contribution in [1.29, 1.82) is 0 Å². The molecule has 0 unspecified atom stereocenters. The molecule has 25 heavy (non-hydrogen) atoms. The van der Waals surface area contributed by atoms with E-state index in [4.69, 9.17) is 4.74 Å². The molecule has 1 aliphatic carbocycles. The first kappa shape index (κ1) is 17.5. The van der Waals surface area contributed by atoms with Crippen LogP contribution in [0.1, 0.15) is 59.9 Å². The SMILES string of the molecule is CCCCOc1ccc(CCNC(=O)c2n[nH]c3c2CCCC3)cc1. The van der Waals surface area contributed by atoms with Crippen molar-refractivity contribution in [2.24, 2.45) is 0 Å². The highest BCUT2D eigenvalue weighted by Gasteiger charge is 2.21. The zero-order valence-corrected chi connectivity index (χ0v) is 14.9. The van der Waals surface area contributed by atoms with E-state index in [9.17, 15) is 4.79 Å². The molecule has 0 atom stereocenters. The van der Waals surface area contributed by atoms with Crippen LogP contribution in [0.25, 0.3) is 0 Å². The lowest BCUT2D eigenvalue weighted by Crippen LogP contribution is -2.27. The lowest BCUT2D eigenvalue weighted by Gasteiger charge is -2.11. The Morgan fingerprint density at radius 2 is 2.04 bits per heavy atom. The number of H-pyrrole nitrogens is 1. The van der Waals surface area contributed by atoms with Gasteiger partial charge in [0.2, 0.25) is 0 Å². The van der Waals surface area contributed by atoms with Gasteiger partial charge in [0.05, 0.1) is 6.61 Å². The van der Waals surface area contributed by atoms with E-state index in [1.807, 2.05) is 12.1 Å². The van der Waals surface area contributed by atoms with E-state index in [-0.39, 0.29) is 5.91 Å². The maximum atomic E-state index is 12.4. The Balaban J connectivity index is 1.46. The van der Waals surface area contributed by atoms with Crippen LogP contribution in [0.5, 0.6) is 5.75 Å². The number of nitrogens with zero attached hydrogens (tertiary/aromatic N) is 1. The lowest BCUT2D eigenvalue weighted by atomic mass is 9.96. The Kier molecular flexibility index (Phi) is 6.09. The van der Waals surface area contributed by atoms with Crippen molar-refractivity contribution in [2.45, 2.75) is 51.9 Å². The normalized spacial score (nSPS) is 13.3. The predicted molar refractivity (Wildman–Crippen MR) is 98.1 cm³/mol. The average Bonchev–Trinajstić information content (AvgIpc) is 3.07. The fourth-order valence-electron chi connectivity index (χ4n) is 3.16. The van der Waals surface area contributed by atoms with Crippen LogP contribution in [0.3, 0.4) is 0 Å². The summed E-state index contributed by atoms with van der Waals surface area (Å²) < 4.78 is 5.66. The number of hydrogen-bond acceptors (Lipinski definition) is 3. The minimum Gasteiger partial charge on any atom is -0.494 e. The molecule has 0 saturated heterocycles. The molecule has 0 aliphatic heterocycles. The van der Waals surface area contributed by atoms with Gasteiger partial charge < -0.3 is 10.1 Å². The first-order valence-corrected chi connectivity index (χ1v) is 9.34. The second-order valence-corrected chi connectivity index (χ2v) is 6.59. The quantitative estimate of drug-likeness (QED) is 0.723. The second kappa shape index (κ2) is 8.70. The molecule has 1 aliphatic rings. The van der Waals surface area contributed by atoms with Crippen molar-refractivity contribution in [3.05, 3.63) is 46.8 Å². The summed E-state index contributed by atoms with van der Waals surface area (Å²) >= 11 is 0. The number of carbonyl (C=O) groups excluding carboxylic acids is 1. The number of nitrogens with one attached hydrogen (secondary N) is 2. The molecular weight excluding hydrogens is 314 g/mol. The summed E-state index contributed by atoms with van der Waals surface area (Å²) in [6.45, 7) is 3.52. The number of amides is 1. The van der Waals surface area contributed by atoms with Gasteiger partial charge in [-0.05, 0) is 56.2 Å². The van der Waals surface area contributed by atoms with Gasteiger partial charge in [-0.3, -0.25) is 9.89 Å². The molecule has 0 spiro atoms. The molecule has 3 rings (SSSR count). The van der Waals surface area contributed by atoms with E-state index in [0.29, 0.717) is 12.2 Å². The van der Waals surface area contributed by atoms with Crippen LogP contribution in [0.4, 0.5) is 0 Å². The molecular formula is C20H27N3O2. The van der Waals surface area contributed by atoms with Gasteiger partial charge in [0.1, 0.15) is 5.75 Å². The van der Waals surface area contributed by atoms with Crippen LogP contribution in [0.15, 0.2) is 24.3 Å². The van der Waals surface area contributed by atoms with E-state index < -0.39 is 0 Å². The largest absolute Gasteiger partial charge is 0.494 e. The van der Waals surface area contributed by atoms with Gasteiger partial charge in [-0.25, -0.2) is 0 Å². The van der Waals surface area contributed by atoms with Gasteiger partial charge in [-0.1, -0.05) is 25.5 Å². The average molecular weight is 341 g/mol. The molecule has 0 saturated carbocycles. The van der Waals surface area contributed by atoms with Gasteiger partial charge in [0.25, 0.3) is 5.91 Å². The summed E-state index contributed by atoms with van der Waals surface area (Å²) in [6.07, 6.45) is 7.28. The van der Waals surface area contributed by atoms with Crippen molar-refractivity contribution in [2.75, 3.05) is 13.2 Å². The van der Waals surface area contributed by atoms with Crippen LogP contribution in [0.2, 0.25) is 0 Å². The maximum absolute atomic E-state index is 12.4. The van der Waals surface area contributed by atoms with Gasteiger partial charge in [-0.15, -0.1) is 0 Å². The third-order valence-electron chi connectivity index (χ3n) is 4.66. The lowest BCUT2D eigenvalue weighted by molar-refractivity contribution is 0.0948. The summed E-state index contributed by atoms with van der Waals surface area (Å²) in [5, 5.41) is 10.2. The molecule has 134 valence electrons. The van der Waals surface area contributed by atoms with Crippen molar-refractivity contribution in [3.8, 4) is 5.75 Å². The van der Waals surface area contributed by atoms with Crippen molar-refractivity contribution < 1.29 is 9.53 Å². The number of carbonyl (C=O) groups is 1. The number of aromatic nitrogens is 2. The number of fused-ring (bicyclic) bond motifs is 1. The fourth-order valence-corrected chi connectivity index (χ4v) is 3.16. The smallest absolute Gasteiger partial charge is 0.272 e. The molecule has 5 heteroatoms. The van der Waals surface area contributed by atoms with Crippen LogP contribution in [-0.2, 0) is 19.3 Å². The molecule has 1 aromatic carbocycles. The Morgan fingerprint density at radius 3 is 2.84 bits per heavy atom. The molecule has 2 N–H and O–H groups in total. The molecule has 1 aromatic heterocycles. The summed E-state index contributed by atoms with van der Waals surface area (Å²) in [7, 11) is 0. The number of hydrogen-bond donors (Lipinski definition) is 2. The van der Waals surface area contributed by atoms with Crippen LogP contribution in [-0.4, -0.2) is 29.3 Å². The first-order valence-electron chi connectivity index (χ1n) is 9.34. The summed E-state index contributed by atoms with van der Waals surface area (Å²) in [6, 6.07) is 8.11. The Hall–Kier alpha value is -2.30. The van der Waals surface area contributed by atoms with Gasteiger partial charge >= 0.3 is 0 Å². The monoisotopic (exact) mass is 341 g/mol. The predicted octanol–water partition coefficient (Wildman–Crippen LogP) is 3.44. The second-order valence-electron chi connectivity index (χ2n) is 6.59. The molecule has 0 bridgehead atoms. The molecule has 0 radical (unpaired) electrons. The standard InChI is InChI=1S/C20H27N3O2/c1-2-3-14-25-16-10-8-15(9-11-16)12-13-21-20(24)19-17-6-4-5-7-18(17)22-23-19/h8-11H,2-7,12-14H2,1H3,(H,21,24)(H,22,23). The van der Waals surface area contributed by atoms with Crippen LogP contribution >= 0.6 is 0 Å². The number of rotatable bonds is 8. The van der Waals surface area contributed by atoms with E-state index in [1.165, 1.54) is 12.0 Å². The van der Waals surface area contributed by atoms with E-state index in [1.54, 1.807) is 0 Å². The number of unbranched alkanes of at least 4 members (excludes halogenated alkanes) is 1. The minimum atomic E-state index is -0.0704. The Bertz CT molecular complexity index is 691. The third-order valence-corrected chi connectivity index (χ3v) is 4.66. The highest BCUT2D eigenvalue weighted by molar-refractivity contribution is 5.94. The molecule has 1 heterocycles. The highest BCUT2D eigenvalue weighted by atomic mass is 16.5. The van der Waals surface area contributed by atoms with Crippen LogP contribution in [0, 0.1) is 0 Å². The van der Waals surface area contributed by atoms with E-state index >= 15 is 0 Å². The topological polar surface area (TPSA) is 67.0 Å². The maximum Gasteiger partial charge on any atom is 0.272 e. The molecule has 0 fully saturated rings. The van der Waals surface area contributed by atoms with E-state index in [2.05, 4.69) is 34.6 Å². The van der Waals surface area contributed by atoms with Gasteiger partial charge in [0, 0.05) is 17.8 Å². The van der Waals surface area contributed by atoms with Crippen molar-refractivity contribution in [1.82, 2.24) is 15.5 Å². The Morgan fingerprint density at radius 1 is 1.24 bits per heavy atom. The first-order chi connectivity index (χ1) is 12.3. The summed E-state index contributed by atoms with van der Waals surface area (Å²) in [5.74, 6) is 0.836. The zero-order chi connectivity index (χ0) is 17.5. The van der Waals surface area contributed by atoms with Gasteiger partial charge in [0.15, 0.2) is 5.69 Å². The summed E-state index contributed by atoms with van der Waals surface area (Å²) in [5.41, 5.74) is 4.01. The van der Waals surface area contributed by atoms with Crippen molar-refractivity contribution in [3.63, 3.8) is 0 Å². The number of aryl methyl sites for hydroxylation is 1. The van der Waals surface area contributed by atoms with Gasteiger partial charge in [-0.2, -0.15) is 5.10 Å². The zero-order valence-electron chi connectivity index (χ0n) is 14.9. The molecule has 2 aromatic rings. The number of aromatic amines is 1. The number of benzene rings is 1. The third kappa shape index (κ3) is 4.62. The Labute approximate surface area is 149 Å².